The molecule has 20 heavy (non-hydrogen) atoms. The summed E-state index contributed by atoms with van der Waals surface area (Å²) in [4.78, 5) is 2.78. The van der Waals surface area contributed by atoms with Crippen molar-refractivity contribution >= 4 is 21.6 Å². The number of hydrogen-bond donors (Lipinski definition) is 0. The van der Waals surface area contributed by atoms with E-state index < -0.39 is 10.0 Å². The number of piperazine rings is 1. The van der Waals surface area contributed by atoms with Crippen LogP contribution in [-0.2, 0) is 15.9 Å². The highest BCUT2D eigenvalue weighted by Gasteiger charge is 2.36. The lowest BCUT2D eigenvalue weighted by atomic mass is 10.2. The van der Waals surface area contributed by atoms with Crippen molar-refractivity contribution in [3.8, 4) is 0 Å². The fourth-order valence-corrected chi connectivity index (χ4v) is 4.73. The molecule has 110 valence electrons. The Morgan fingerprint density at radius 1 is 1.15 bits per heavy atom. The molecule has 0 bridgehead atoms. The summed E-state index contributed by atoms with van der Waals surface area (Å²) in [6.07, 6.45) is 2.29. The maximum absolute atomic E-state index is 12.6. The average molecular weight is 315 g/mol. The van der Waals surface area contributed by atoms with Gasteiger partial charge in [0.1, 0.15) is 0 Å². The predicted octanol–water partition coefficient (Wildman–Crippen LogP) is 1.89. The zero-order chi connectivity index (χ0) is 14.2. The van der Waals surface area contributed by atoms with Gasteiger partial charge in [0.2, 0.25) is 10.0 Å². The highest BCUT2D eigenvalue weighted by molar-refractivity contribution is 7.89. The molecule has 0 amide bonds. The first-order valence-corrected chi connectivity index (χ1v) is 8.98. The Bertz CT molecular complexity index is 573. The van der Waals surface area contributed by atoms with Crippen molar-refractivity contribution in [2.75, 3.05) is 26.2 Å². The molecule has 0 aliphatic carbocycles. The van der Waals surface area contributed by atoms with Crippen LogP contribution in [0.3, 0.4) is 0 Å². The number of halogens is 1. The smallest absolute Gasteiger partial charge is 0.243 e. The number of nitrogens with zero attached hydrogens (tertiary/aromatic N) is 2. The van der Waals surface area contributed by atoms with Crippen LogP contribution in [0.25, 0.3) is 0 Å². The monoisotopic (exact) mass is 314 g/mol. The van der Waals surface area contributed by atoms with Gasteiger partial charge in [-0.3, -0.25) is 4.90 Å². The summed E-state index contributed by atoms with van der Waals surface area (Å²) in [5.41, 5.74) is 0.936. The topological polar surface area (TPSA) is 40.6 Å². The first-order chi connectivity index (χ1) is 9.61. The van der Waals surface area contributed by atoms with E-state index in [0.717, 1.165) is 25.1 Å². The molecule has 1 unspecified atom stereocenters. The number of fused-ring (bicyclic) bond motifs is 1. The van der Waals surface area contributed by atoms with Crippen LogP contribution in [0.4, 0.5) is 0 Å². The lowest BCUT2D eigenvalue weighted by Gasteiger charge is -2.36. The van der Waals surface area contributed by atoms with Gasteiger partial charge in [-0.15, -0.1) is 11.6 Å². The highest BCUT2D eigenvalue weighted by atomic mass is 35.5. The van der Waals surface area contributed by atoms with Crippen molar-refractivity contribution in [1.82, 2.24) is 9.21 Å². The van der Waals surface area contributed by atoms with Crippen LogP contribution in [0.15, 0.2) is 29.2 Å². The fraction of sp³-hybridized carbons (Fsp3) is 0.571. The minimum absolute atomic E-state index is 0.373. The molecule has 0 N–H and O–H groups in total. The Morgan fingerprint density at radius 2 is 1.90 bits per heavy atom. The number of benzene rings is 1. The van der Waals surface area contributed by atoms with Crippen molar-refractivity contribution in [3.63, 3.8) is 0 Å². The van der Waals surface area contributed by atoms with Crippen LogP contribution < -0.4 is 0 Å². The first-order valence-electron chi connectivity index (χ1n) is 7.00. The van der Waals surface area contributed by atoms with Gasteiger partial charge in [-0.25, -0.2) is 8.42 Å². The molecule has 2 saturated heterocycles. The third-order valence-corrected chi connectivity index (χ3v) is 6.45. The summed E-state index contributed by atoms with van der Waals surface area (Å²) < 4.78 is 26.9. The van der Waals surface area contributed by atoms with E-state index in [4.69, 9.17) is 11.6 Å². The van der Waals surface area contributed by atoms with E-state index >= 15 is 0 Å². The maximum atomic E-state index is 12.6. The minimum Gasteiger partial charge on any atom is -0.298 e. The number of alkyl halides is 1. The van der Waals surface area contributed by atoms with E-state index in [9.17, 15) is 8.42 Å². The average Bonchev–Trinajstić information content (AvgIpc) is 2.94. The molecule has 6 heteroatoms. The molecule has 0 spiro atoms. The Kier molecular flexibility index (Phi) is 4.04. The summed E-state index contributed by atoms with van der Waals surface area (Å²) >= 11 is 5.74. The van der Waals surface area contributed by atoms with Gasteiger partial charge in [-0.05, 0) is 37.1 Å². The molecule has 0 radical (unpaired) electrons. The summed E-state index contributed by atoms with van der Waals surface area (Å²) in [6, 6.07) is 7.29. The van der Waals surface area contributed by atoms with E-state index in [2.05, 4.69) is 4.90 Å². The lowest BCUT2D eigenvalue weighted by Crippen LogP contribution is -2.51. The second-order valence-electron chi connectivity index (χ2n) is 5.47. The Labute approximate surface area is 125 Å². The normalized spacial score (nSPS) is 24.8. The molecule has 2 aliphatic rings. The van der Waals surface area contributed by atoms with Gasteiger partial charge in [-0.2, -0.15) is 4.31 Å². The Hall–Kier alpha value is -0.620. The molecule has 0 saturated carbocycles. The van der Waals surface area contributed by atoms with Crippen molar-refractivity contribution in [2.24, 2.45) is 0 Å². The van der Waals surface area contributed by atoms with Crippen molar-refractivity contribution < 1.29 is 8.42 Å². The molecule has 1 aromatic carbocycles. The first kappa shape index (κ1) is 14.3. The molecular formula is C14H19ClN2O2S. The Balaban J connectivity index is 1.80. The second-order valence-corrected chi connectivity index (χ2v) is 7.68. The van der Waals surface area contributed by atoms with Gasteiger partial charge in [0.25, 0.3) is 0 Å². The van der Waals surface area contributed by atoms with Crippen LogP contribution >= 0.6 is 11.6 Å². The summed E-state index contributed by atoms with van der Waals surface area (Å²) in [5.74, 6) is 0.404. The van der Waals surface area contributed by atoms with Gasteiger partial charge >= 0.3 is 0 Å². The predicted molar refractivity (Wildman–Crippen MR) is 79.4 cm³/mol. The van der Waals surface area contributed by atoms with E-state index in [-0.39, 0.29) is 0 Å². The molecule has 0 aromatic heterocycles. The molecule has 2 heterocycles. The number of hydrogen-bond acceptors (Lipinski definition) is 3. The maximum Gasteiger partial charge on any atom is 0.243 e. The highest BCUT2D eigenvalue weighted by Crippen LogP contribution is 2.26. The third-order valence-electron chi connectivity index (χ3n) is 4.27. The van der Waals surface area contributed by atoms with Crippen LogP contribution in [0.2, 0.25) is 0 Å². The molecule has 1 aromatic rings. The molecule has 4 nitrogen and oxygen atoms in total. The van der Waals surface area contributed by atoms with E-state index in [1.165, 1.54) is 6.42 Å². The summed E-state index contributed by atoms with van der Waals surface area (Å²) in [7, 11) is -3.36. The largest absolute Gasteiger partial charge is 0.298 e. The van der Waals surface area contributed by atoms with E-state index in [1.54, 1.807) is 28.6 Å². The third kappa shape index (κ3) is 2.60. The summed E-state index contributed by atoms with van der Waals surface area (Å²) in [6.45, 7) is 3.18. The Morgan fingerprint density at radius 3 is 2.60 bits per heavy atom. The second kappa shape index (κ2) is 5.64. The molecule has 2 fully saturated rings. The number of sulfonamides is 1. The van der Waals surface area contributed by atoms with Crippen molar-refractivity contribution in [3.05, 3.63) is 29.8 Å². The van der Waals surface area contributed by atoms with E-state index in [1.807, 2.05) is 0 Å². The van der Waals surface area contributed by atoms with Crippen LogP contribution in [0, 0.1) is 0 Å². The molecular weight excluding hydrogens is 296 g/mol. The standard InChI is InChI=1S/C14H19ClN2O2S/c15-10-12-3-5-14(6-4-12)20(18,19)17-9-8-16-7-1-2-13(16)11-17/h3-6,13H,1-2,7-11H2. The van der Waals surface area contributed by atoms with Crippen molar-refractivity contribution in [1.29, 1.82) is 0 Å². The molecule has 1 atom stereocenters. The molecule has 3 rings (SSSR count). The minimum atomic E-state index is -3.36. The van der Waals surface area contributed by atoms with Crippen LogP contribution in [0.1, 0.15) is 18.4 Å². The van der Waals surface area contributed by atoms with Crippen molar-refractivity contribution in [2.45, 2.75) is 29.7 Å². The van der Waals surface area contributed by atoms with Crippen LogP contribution in [-0.4, -0.2) is 49.8 Å². The molecule has 2 aliphatic heterocycles. The zero-order valence-corrected chi connectivity index (χ0v) is 12.9. The zero-order valence-electron chi connectivity index (χ0n) is 11.3. The van der Waals surface area contributed by atoms with Gasteiger partial charge < -0.3 is 0 Å². The van der Waals surface area contributed by atoms with Crippen LogP contribution in [0.5, 0.6) is 0 Å². The SMILES string of the molecule is O=S(=O)(c1ccc(CCl)cc1)N1CCN2CCCC2C1. The van der Waals surface area contributed by atoms with E-state index in [0.29, 0.717) is 29.9 Å². The van der Waals surface area contributed by atoms with Gasteiger partial charge in [-0.1, -0.05) is 12.1 Å². The van der Waals surface area contributed by atoms with Gasteiger partial charge in [0.05, 0.1) is 4.90 Å². The fourth-order valence-electron chi connectivity index (χ4n) is 3.08. The van der Waals surface area contributed by atoms with Gasteiger partial charge in [0, 0.05) is 31.6 Å². The lowest BCUT2D eigenvalue weighted by molar-refractivity contribution is 0.158. The number of rotatable bonds is 3. The summed E-state index contributed by atoms with van der Waals surface area (Å²) in [5, 5.41) is 0. The quantitative estimate of drug-likeness (QED) is 0.800. The van der Waals surface area contributed by atoms with Gasteiger partial charge in [0.15, 0.2) is 0 Å².